The fourth-order valence-corrected chi connectivity index (χ4v) is 5.25. The van der Waals surface area contributed by atoms with E-state index in [4.69, 9.17) is 4.74 Å². The summed E-state index contributed by atoms with van der Waals surface area (Å²) in [5.41, 5.74) is 0.329. The molecule has 6 aromatic rings. The minimum Gasteiger partial charge on any atom is -0.429 e. The Labute approximate surface area is 270 Å². The zero-order valence-corrected chi connectivity index (χ0v) is 25.2. The highest BCUT2D eigenvalue weighted by molar-refractivity contribution is 5.84. The van der Waals surface area contributed by atoms with E-state index in [0.29, 0.717) is 23.8 Å². The lowest BCUT2D eigenvalue weighted by molar-refractivity contribution is -0.187. The first-order valence-electron chi connectivity index (χ1n) is 14.4. The summed E-state index contributed by atoms with van der Waals surface area (Å²) in [7, 11) is 0. The van der Waals surface area contributed by atoms with Crippen molar-refractivity contribution >= 4 is 10.8 Å². The van der Waals surface area contributed by atoms with Crippen LogP contribution in [0.15, 0.2) is 97.1 Å². The van der Waals surface area contributed by atoms with Crippen molar-refractivity contribution in [3.63, 3.8) is 0 Å². The lowest BCUT2D eigenvalue weighted by Crippen LogP contribution is -2.24. The molecule has 48 heavy (non-hydrogen) atoms. The van der Waals surface area contributed by atoms with Gasteiger partial charge in [-0.25, -0.2) is 26.3 Å². The van der Waals surface area contributed by atoms with Crippen LogP contribution in [0.4, 0.5) is 35.1 Å². The number of benzene rings is 6. The zero-order valence-electron chi connectivity index (χ0n) is 25.2. The quantitative estimate of drug-likeness (QED) is 0.102. The summed E-state index contributed by atoms with van der Waals surface area (Å²) in [5, 5.41) is 2.00. The third-order valence-corrected chi connectivity index (χ3v) is 7.73. The molecule has 0 bridgehead atoms. The molecule has 0 saturated heterocycles. The third kappa shape index (κ3) is 6.47. The van der Waals surface area contributed by atoms with E-state index in [1.807, 2.05) is 43.3 Å². The number of hydrogen-bond acceptors (Lipinski definition) is 1. The predicted octanol–water partition coefficient (Wildman–Crippen LogP) is 11.2. The summed E-state index contributed by atoms with van der Waals surface area (Å²) < 4.78 is 121. The van der Waals surface area contributed by atoms with Gasteiger partial charge in [0.15, 0.2) is 17.5 Å². The monoisotopic (exact) mass is 658 g/mol. The highest BCUT2D eigenvalue weighted by Crippen LogP contribution is 2.37. The normalized spacial score (nSPS) is 11.4. The average Bonchev–Trinajstić information content (AvgIpc) is 3.03. The molecule has 240 valence electrons. The van der Waals surface area contributed by atoms with Gasteiger partial charge in [0.1, 0.15) is 28.8 Å². The highest BCUT2D eigenvalue weighted by Gasteiger charge is 2.38. The highest BCUT2D eigenvalue weighted by atomic mass is 19.3. The summed E-state index contributed by atoms with van der Waals surface area (Å²) in [6, 6.07) is 20.5. The van der Waals surface area contributed by atoms with Crippen LogP contribution in [0.5, 0.6) is 5.75 Å². The molecule has 0 fully saturated rings. The molecule has 0 aliphatic rings. The molecule has 0 aliphatic carbocycles. The summed E-state index contributed by atoms with van der Waals surface area (Å²) in [6.07, 6.45) is -4.21. The number of halogens is 8. The second-order valence-electron chi connectivity index (χ2n) is 11.2. The largest absolute Gasteiger partial charge is 0.429 e. The standard InChI is InChI=1S/C39H22F8O/c1-21-3-6-26-15-23(5-8-25(26)13-21)4-7-24-16-35(42)32(14-22(24)2)39(46,47)48-29-10-12-30(34(41)20-29)27-9-11-31(33(40)17-27)28-18-36(43)38(45)37(44)19-28/h3,5-6,8-20H,1-2H3. The molecule has 0 radical (unpaired) electrons. The molecule has 0 saturated carbocycles. The summed E-state index contributed by atoms with van der Waals surface area (Å²) in [5.74, 6) is -2.97. The molecular weight excluding hydrogens is 636 g/mol. The van der Waals surface area contributed by atoms with Crippen molar-refractivity contribution in [2.75, 3.05) is 0 Å². The first-order chi connectivity index (χ1) is 22.8. The van der Waals surface area contributed by atoms with Crippen LogP contribution in [-0.2, 0) is 6.11 Å². The van der Waals surface area contributed by atoms with E-state index in [-0.39, 0.29) is 33.4 Å². The van der Waals surface area contributed by atoms with Gasteiger partial charge in [-0.2, -0.15) is 8.78 Å². The van der Waals surface area contributed by atoms with E-state index in [1.165, 1.54) is 13.0 Å². The Bertz CT molecular complexity index is 2280. The van der Waals surface area contributed by atoms with E-state index in [0.717, 1.165) is 52.7 Å². The Morgan fingerprint density at radius 1 is 0.542 bits per heavy atom. The van der Waals surface area contributed by atoms with Crippen molar-refractivity contribution in [2.24, 2.45) is 0 Å². The number of ether oxygens (including phenoxy) is 1. The number of alkyl halides is 2. The SMILES string of the molecule is Cc1ccc2cc(C#Cc3cc(F)c(C(F)(F)Oc4ccc(-c5ccc(-c6cc(F)c(F)c(F)c6)c(F)c5)c(F)c4)cc3C)ccc2c1. The number of rotatable bonds is 5. The molecular formula is C39H22F8O. The van der Waals surface area contributed by atoms with Crippen molar-refractivity contribution < 1.29 is 39.9 Å². The first kappa shape index (κ1) is 32.3. The van der Waals surface area contributed by atoms with Gasteiger partial charge >= 0.3 is 6.11 Å². The number of aryl methyl sites for hydroxylation is 2. The molecule has 0 amide bonds. The van der Waals surface area contributed by atoms with Crippen molar-refractivity contribution in [3.05, 3.63) is 160 Å². The van der Waals surface area contributed by atoms with Crippen LogP contribution in [0.3, 0.4) is 0 Å². The van der Waals surface area contributed by atoms with Gasteiger partial charge < -0.3 is 4.74 Å². The second-order valence-corrected chi connectivity index (χ2v) is 11.2. The molecule has 0 heterocycles. The molecule has 0 N–H and O–H groups in total. The van der Waals surface area contributed by atoms with Crippen LogP contribution in [-0.4, -0.2) is 0 Å². The molecule has 9 heteroatoms. The van der Waals surface area contributed by atoms with Gasteiger partial charge in [-0.3, -0.25) is 0 Å². The average molecular weight is 659 g/mol. The summed E-state index contributed by atoms with van der Waals surface area (Å²) >= 11 is 0. The van der Waals surface area contributed by atoms with Crippen molar-refractivity contribution in [1.82, 2.24) is 0 Å². The minimum atomic E-state index is -4.21. The van der Waals surface area contributed by atoms with E-state index in [2.05, 4.69) is 11.8 Å². The van der Waals surface area contributed by atoms with Gasteiger partial charge in [-0.15, -0.1) is 0 Å². The Morgan fingerprint density at radius 3 is 1.88 bits per heavy atom. The summed E-state index contributed by atoms with van der Waals surface area (Å²) in [6.45, 7) is 3.48. The maximum atomic E-state index is 15.2. The van der Waals surface area contributed by atoms with Crippen LogP contribution in [0.2, 0.25) is 0 Å². The van der Waals surface area contributed by atoms with Crippen molar-refractivity contribution in [2.45, 2.75) is 20.0 Å². The molecule has 0 atom stereocenters. The van der Waals surface area contributed by atoms with Crippen LogP contribution in [0.1, 0.15) is 27.8 Å². The predicted molar refractivity (Wildman–Crippen MR) is 167 cm³/mol. The lowest BCUT2D eigenvalue weighted by atomic mass is 9.99. The van der Waals surface area contributed by atoms with Gasteiger partial charge in [0.2, 0.25) is 0 Å². The summed E-state index contributed by atoms with van der Waals surface area (Å²) in [4.78, 5) is 0. The molecule has 1 nitrogen and oxygen atoms in total. The van der Waals surface area contributed by atoms with Gasteiger partial charge in [0, 0.05) is 28.3 Å². The third-order valence-electron chi connectivity index (χ3n) is 7.73. The Kier molecular flexibility index (Phi) is 8.44. The lowest BCUT2D eigenvalue weighted by Gasteiger charge is -2.20. The smallest absolute Gasteiger partial charge is 0.429 e. The van der Waals surface area contributed by atoms with Gasteiger partial charge in [0.25, 0.3) is 0 Å². The maximum absolute atomic E-state index is 15.2. The fourth-order valence-electron chi connectivity index (χ4n) is 5.25. The van der Waals surface area contributed by atoms with Crippen LogP contribution < -0.4 is 4.74 Å². The number of fused-ring (bicyclic) bond motifs is 1. The van der Waals surface area contributed by atoms with E-state index >= 15 is 17.6 Å². The van der Waals surface area contributed by atoms with Crippen LogP contribution >= 0.6 is 0 Å². The fraction of sp³-hybridized carbons (Fsp3) is 0.0769. The Hall–Kier alpha value is -5.62. The Morgan fingerprint density at radius 2 is 1.17 bits per heavy atom. The van der Waals surface area contributed by atoms with Crippen LogP contribution in [0.25, 0.3) is 33.0 Å². The van der Waals surface area contributed by atoms with Gasteiger partial charge in [-0.05, 0) is 95.9 Å². The van der Waals surface area contributed by atoms with E-state index in [9.17, 15) is 17.6 Å². The van der Waals surface area contributed by atoms with Crippen molar-refractivity contribution in [3.8, 4) is 39.8 Å². The molecule has 6 rings (SSSR count). The molecule has 6 aromatic carbocycles. The molecule has 0 aromatic heterocycles. The second kappa shape index (κ2) is 12.5. The van der Waals surface area contributed by atoms with E-state index < -0.39 is 52.3 Å². The molecule has 0 unspecified atom stereocenters. The minimum absolute atomic E-state index is 0.0349. The van der Waals surface area contributed by atoms with Gasteiger partial charge in [-0.1, -0.05) is 53.8 Å². The van der Waals surface area contributed by atoms with E-state index in [1.54, 1.807) is 0 Å². The number of hydrogen-bond donors (Lipinski definition) is 0. The van der Waals surface area contributed by atoms with Gasteiger partial charge in [0.05, 0.1) is 0 Å². The topological polar surface area (TPSA) is 9.23 Å². The van der Waals surface area contributed by atoms with Crippen LogP contribution in [0, 0.1) is 60.6 Å². The Balaban J connectivity index is 1.21. The maximum Gasteiger partial charge on any atom is 0.429 e. The van der Waals surface area contributed by atoms with Crippen molar-refractivity contribution in [1.29, 1.82) is 0 Å². The zero-order chi connectivity index (χ0) is 34.3. The molecule has 0 aliphatic heterocycles. The first-order valence-corrected chi connectivity index (χ1v) is 14.4. The molecule has 0 spiro atoms.